The van der Waals surface area contributed by atoms with Crippen LogP contribution in [0.1, 0.15) is 12.8 Å². The number of nitrogens with one attached hydrogen (secondary N) is 1. The number of nitro benzene ring substituents is 1. The van der Waals surface area contributed by atoms with Crippen LogP contribution in [0.3, 0.4) is 0 Å². The van der Waals surface area contributed by atoms with Gasteiger partial charge in [-0.1, -0.05) is 11.8 Å². The van der Waals surface area contributed by atoms with Crippen molar-refractivity contribution in [2.45, 2.75) is 24.2 Å². The lowest BCUT2D eigenvalue weighted by Gasteiger charge is -2.09. The second kappa shape index (κ2) is 6.97. The third-order valence-electron chi connectivity index (χ3n) is 3.44. The van der Waals surface area contributed by atoms with Gasteiger partial charge in [-0.05, 0) is 18.9 Å². The molecule has 1 aromatic carbocycles. The summed E-state index contributed by atoms with van der Waals surface area (Å²) in [4.78, 5) is 26.2. The predicted octanol–water partition coefficient (Wildman–Crippen LogP) is 2.12. The SMILES string of the molecule is O=C(CSc1nc2cc([N+](=O)[O-])ccc2o1)NC[C@H]1CCCO1. The molecule has 1 amide bonds. The average molecular weight is 337 g/mol. The fourth-order valence-electron chi connectivity index (χ4n) is 2.28. The van der Waals surface area contributed by atoms with Crippen LogP contribution in [0.5, 0.6) is 0 Å². The van der Waals surface area contributed by atoms with Crippen molar-refractivity contribution in [3.05, 3.63) is 28.3 Å². The third kappa shape index (κ3) is 3.99. The van der Waals surface area contributed by atoms with Crippen LogP contribution in [-0.2, 0) is 9.53 Å². The van der Waals surface area contributed by atoms with Gasteiger partial charge < -0.3 is 14.5 Å². The minimum Gasteiger partial charge on any atom is -0.431 e. The minimum absolute atomic E-state index is 0.0448. The number of nitrogens with zero attached hydrogens (tertiary/aromatic N) is 2. The molecular formula is C14H15N3O5S. The van der Waals surface area contributed by atoms with E-state index in [1.54, 1.807) is 0 Å². The maximum atomic E-state index is 11.8. The quantitative estimate of drug-likeness (QED) is 0.488. The Morgan fingerprint density at radius 3 is 3.13 bits per heavy atom. The molecule has 1 saturated heterocycles. The van der Waals surface area contributed by atoms with Gasteiger partial charge in [-0.15, -0.1) is 0 Å². The van der Waals surface area contributed by atoms with Gasteiger partial charge in [-0.25, -0.2) is 4.98 Å². The summed E-state index contributed by atoms with van der Waals surface area (Å²) in [5.41, 5.74) is 0.816. The Bertz CT molecular complexity index is 726. The first-order valence-corrected chi connectivity index (χ1v) is 8.16. The lowest BCUT2D eigenvalue weighted by Crippen LogP contribution is -2.32. The molecule has 0 unspecified atom stereocenters. The van der Waals surface area contributed by atoms with Crippen molar-refractivity contribution in [3.63, 3.8) is 0 Å². The number of hydrogen-bond donors (Lipinski definition) is 1. The molecule has 0 radical (unpaired) electrons. The summed E-state index contributed by atoms with van der Waals surface area (Å²) in [6.45, 7) is 1.27. The standard InChI is InChI=1S/C14H15N3O5S/c18-13(15-7-10-2-1-5-21-10)8-23-14-16-11-6-9(17(19)20)3-4-12(11)22-14/h3-4,6,10H,1-2,5,7-8H2,(H,15,18)/t10-/m1/s1. The van der Waals surface area contributed by atoms with Gasteiger partial charge in [-0.3, -0.25) is 14.9 Å². The number of aromatic nitrogens is 1. The minimum atomic E-state index is -0.487. The molecule has 0 aliphatic carbocycles. The number of hydrogen-bond acceptors (Lipinski definition) is 7. The highest BCUT2D eigenvalue weighted by Crippen LogP contribution is 2.26. The van der Waals surface area contributed by atoms with E-state index in [0.29, 0.717) is 22.9 Å². The second-order valence-electron chi connectivity index (χ2n) is 5.12. The number of fused-ring (bicyclic) bond motifs is 1. The maximum absolute atomic E-state index is 11.8. The van der Waals surface area contributed by atoms with Crippen LogP contribution >= 0.6 is 11.8 Å². The Kier molecular flexibility index (Phi) is 4.77. The van der Waals surface area contributed by atoms with Crippen LogP contribution in [0.2, 0.25) is 0 Å². The molecule has 23 heavy (non-hydrogen) atoms. The number of oxazole rings is 1. The summed E-state index contributed by atoms with van der Waals surface area (Å²) in [6, 6.07) is 4.21. The Hall–Kier alpha value is -2.13. The molecule has 1 fully saturated rings. The van der Waals surface area contributed by atoms with Crippen LogP contribution in [-0.4, -0.2) is 40.8 Å². The highest BCUT2D eigenvalue weighted by molar-refractivity contribution is 7.99. The number of carbonyl (C=O) groups excluding carboxylic acids is 1. The molecule has 1 aromatic heterocycles. The van der Waals surface area contributed by atoms with E-state index in [1.165, 1.54) is 18.2 Å². The van der Waals surface area contributed by atoms with Gasteiger partial charge in [0.1, 0.15) is 5.52 Å². The molecule has 0 bridgehead atoms. The van der Waals surface area contributed by atoms with Gasteiger partial charge in [0.15, 0.2) is 5.58 Å². The number of amides is 1. The molecule has 1 N–H and O–H groups in total. The summed E-state index contributed by atoms with van der Waals surface area (Å²) in [7, 11) is 0. The van der Waals surface area contributed by atoms with E-state index >= 15 is 0 Å². The zero-order valence-corrected chi connectivity index (χ0v) is 13.0. The largest absolute Gasteiger partial charge is 0.431 e. The normalized spacial score (nSPS) is 17.5. The summed E-state index contributed by atoms with van der Waals surface area (Å²) in [5, 5.41) is 13.8. The second-order valence-corrected chi connectivity index (χ2v) is 6.04. The molecule has 3 rings (SSSR count). The van der Waals surface area contributed by atoms with Gasteiger partial charge >= 0.3 is 0 Å². The van der Waals surface area contributed by atoms with Crippen molar-refractivity contribution in [3.8, 4) is 0 Å². The smallest absolute Gasteiger partial charge is 0.271 e. The molecule has 1 aliphatic heterocycles. The summed E-state index contributed by atoms with van der Waals surface area (Å²) in [5.74, 6) is 0.0421. The zero-order chi connectivity index (χ0) is 16.2. The molecule has 2 heterocycles. The van der Waals surface area contributed by atoms with Crippen molar-refractivity contribution in [1.82, 2.24) is 10.3 Å². The van der Waals surface area contributed by atoms with Crippen LogP contribution in [0.25, 0.3) is 11.1 Å². The fraction of sp³-hybridized carbons (Fsp3) is 0.429. The Morgan fingerprint density at radius 1 is 1.52 bits per heavy atom. The molecule has 0 spiro atoms. The molecule has 8 nitrogen and oxygen atoms in total. The number of non-ortho nitro benzene ring substituents is 1. The number of benzene rings is 1. The topological polar surface area (TPSA) is 108 Å². The van der Waals surface area contributed by atoms with E-state index in [1.807, 2.05) is 0 Å². The molecule has 122 valence electrons. The number of thioether (sulfide) groups is 1. The molecule has 0 saturated carbocycles. The van der Waals surface area contributed by atoms with Crippen LogP contribution in [0.4, 0.5) is 5.69 Å². The highest BCUT2D eigenvalue weighted by Gasteiger charge is 2.17. The average Bonchev–Trinajstić information content (AvgIpc) is 3.18. The maximum Gasteiger partial charge on any atom is 0.271 e. The molecule has 1 aliphatic rings. The number of rotatable bonds is 6. The highest BCUT2D eigenvalue weighted by atomic mass is 32.2. The van der Waals surface area contributed by atoms with Crippen LogP contribution in [0, 0.1) is 10.1 Å². The first-order valence-electron chi connectivity index (χ1n) is 7.18. The van der Waals surface area contributed by atoms with Gasteiger partial charge in [-0.2, -0.15) is 0 Å². The number of carbonyl (C=O) groups is 1. The molecule has 2 aromatic rings. The zero-order valence-electron chi connectivity index (χ0n) is 12.2. The Balaban J connectivity index is 1.54. The van der Waals surface area contributed by atoms with Gasteiger partial charge in [0.05, 0.1) is 16.8 Å². The number of nitro groups is 1. The lowest BCUT2D eigenvalue weighted by atomic mass is 10.2. The van der Waals surface area contributed by atoms with Crippen LogP contribution < -0.4 is 5.32 Å². The van der Waals surface area contributed by atoms with E-state index in [2.05, 4.69) is 10.3 Å². The summed E-state index contributed by atoms with van der Waals surface area (Å²) >= 11 is 1.15. The Labute approximate surface area is 135 Å². The lowest BCUT2D eigenvalue weighted by molar-refractivity contribution is -0.384. The fourth-order valence-corrected chi connectivity index (χ4v) is 2.95. The van der Waals surface area contributed by atoms with Crippen molar-refractivity contribution >= 4 is 34.5 Å². The van der Waals surface area contributed by atoms with Crippen molar-refractivity contribution in [2.24, 2.45) is 0 Å². The van der Waals surface area contributed by atoms with Gasteiger partial charge in [0, 0.05) is 25.3 Å². The van der Waals surface area contributed by atoms with Crippen molar-refractivity contribution in [1.29, 1.82) is 0 Å². The first-order chi connectivity index (χ1) is 11.1. The molecular weight excluding hydrogens is 322 g/mol. The van der Waals surface area contributed by atoms with E-state index in [9.17, 15) is 14.9 Å². The molecule has 1 atom stereocenters. The van der Waals surface area contributed by atoms with E-state index in [-0.39, 0.29) is 23.5 Å². The Morgan fingerprint density at radius 2 is 2.39 bits per heavy atom. The van der Waals surface area contributed by atoms with Crippen molar-refractivity contribution in [2.75, 3.05) is 18.9 Å². The van der Waals surface area contributed by atoms with Gasteiger partial charge in [0.25, 0.3) is 10.9 Å². The van der Waals surface area contributed by atoms with Crippen molar-refractivity contribution < 1.29 is 18.9 Å². The van der Waals surface area contributed by atoms with E-state index in [0.717, 1.165) is 31.2 Å². The van der Waals surface area contributed by atoms with E-state index in [4.69, 9.17) is 9.15 Å². The summed E-state index contributed by atoms with van der Waals surface area (Å²) < 4.78 is 10.9. The summed E-state index contributed by atoms with van der Waals surface area (Å²) in [6.07, 6.45) is 2.11. The van der Waals surface area contributed by atoms with E-state index < -0.39 is 4.92 Å². The predicted molar refractivity (Wildman–Crippen MR) is 83.4 cm³/mol. The van der Waals surface area contributed by atoms with Crippen LogP contribution in [0.15, 0.2) is 27.8 Å². The first kappa shape index (κ1) is 15.8. The third-order valence-corrected chi connectivity index (χ3v) is 4.27. The molecule has 9 heteroatoms. The monoisotopic (exact) mass is 337 g/mol. The van der Waals surface area contributed by atoms with Gasteiger partial charge in [0.2, 0.25) is 5.91 Å². The number of ether oxygens (including phenoxy) is 1.